The molecule has 0 amide bonds. The van der Waals surface area contributed by atoms with Crippen molar-refractivity contribution in [2.75, 3.05) is 6.61 Å². The molecule has 0 saturated carbocycles. The molecule has 0 saturated heterocycles. The Morgan fingerprint density at radius 1 is 0.882 bits per heavy atom. The van der Waals surface area contributed by atoms with Crippen LogP contribution in [0.3, 0.4) is 0 Å². The van der Waals surface area contributed by atoms with Crippen LogP contribution in [0.4, 0.5) is 0 Å². The molecular weight excluding hydrogens is 485 g/mol. The lowest BCUT2D eigenvalue weighted by atomic mass is 9.92. The summed E-state index contributed by atoms with van der Waals surface area (Å²) in [6, 6.07) is 6.27. The minimum absolute atomic E-state index is 0.304. The minimum atomic E-state index is -2.31. The van der Waals surface area contributed by atoms with Gasteiger partial charge in [-0.2, -0.15) is 0 Å². The number of hydrogen-bond acceptors (Lipinski definition) is 5. The summed E-state index contributed by atoms with van der Waals surface area (Å²) in [6.45, 7) is 19.5. The summed E-state index contributed by atoms with van der Waals surface area (Å²) in [4.78, 5) is 23.1. The maximum Gasteiger partial charge on any atom is 0.343 e. The van der Waals surface area contributed by atoms with E-state index in [1.165, 1.54) is 0 Å². The van der Waals surface area contributed by atoms with E-state index in [0.29, 0.717) is 36.3 Å². The number of allylic oxidation sites excluding steroid dienone is 1. The molecule has 0 atom stereocenters. The van der Waals surface area contributed by atoms with Crippen molar-refractivity contribution in [3.8, 4) is 5.75 Å². The average Bonchev–Trinajstić information content (AvgIpc) is 2.65. The largest absolute Gasteiger partial charge is 0.494 e. The van der Waals surface area contributed by atoms with Gasteiger partial charge in [-0.15, -0.1) is 0 Å². The van der Waals surface area contributed by atoms with Crippen molar-refractivity contribution in [3.05, 3.63) is 34.9 Å². The number of hydrogen-bond donors (Lipinski definition) is 2. The zero-order valence-electron chi connectivity index (χ0n) is 22.2. The third-order valence-corrected chi connectivity index (χ3v) is 14.6. The highest BCUT2D eigenvalue weighted by Gasteiger charge is 2.39. The lowest BCUT2D eigenvalue weighted by Crippen LogP contribution is -2.52. The number of carboxylic acids is 2. The van der Waals surface area contributed by atoms with Gasteiger partial charge in [0.25, 0.3) is 0 Å². The Bertz CT molecular complexity index is 867. The molecule has 0 aliphatic carbocycles. The molecule has 0 unspecified atom stereocenters. The molecule has 7 nitrogen and oxygen atoms in total. The molecule has 0 aromatic heterocycles. The van der Waals surface area contributed by atoms with Gasteiger partial charge in [-0.1, -0.05) is 19.9 Å². The van der Waals surface area contributed by atoms with Crippen molar-refractivity contribution in [2.45, 2.75) is 85.0 Å². The predicted molar refractivity (Wildman–Crippen MR) is 144 cm³/mol. The molecule has 2 N–H and O–H groups in total. The maximum absolute atomic E-state index is 11.5. The van der Waals surface area contributed by atoms with E-state index < -0.39 is 42.7 Å². The highest BCUT2D eigenvalue weighted by atomic mass is 28.5. The van der Waals surface area contributed by atoms with Gasteiger partial charge in [-0.3, -0.25) is 0 Å². The molecule has 0 heterocycles. The summed E-state index contributed by atoms with van der Waals surface area (Å²) in [6.07, 6.45) is 1.74. The molecule has 0 aliphatic rings. The van der Waals surface area contributed by atoms with Gasteiger partial charge in [0.2, 0.25) is 0 Å². The quantitative estimate of drug-likeness (QED) is 0.0988. The van der Waals surface area contributed by atoms with Crippen LogP contribution in [-0.2, 0) is 24.2 Å². The van der Waals surface area contributed by atoms with Crippen LogP contribution in [0.2, 0.25) is 51.9 Å². The fourth-order valence-electron chi connectivity index (χ4n) is 4.10. The Labute approximate surface area is 207 Å². The minimum Gasteiger partial charge on any atom is -0.494 e. The lowest BCUT2D eigenvalue weighted by molar-refractivity contribution is -0.140. The first-order valence-electron chi connectivity index (χ1n) is 11.9. The fourth-order valence-corrected chi connectivity index (χ4v) is 16.6. The Kier molecular flexibility index (Phi) is 11.0. The van der Waals surface area contributed by atoms with Crippen molar-refractivity contribution in [3.63, 3.8) is 0 Å². The first kappa shape index (κ1) is 30.3. The van der Waals surface area contributed by atoms with Crippen molar-refractivity contribution in [1.82, 2.24) is 0 Å². The van der Waals surface area contributed by atoms with Crippen molar-refractivity contribution in [1.29, 1.82) is 0 Å². The van der Waals surface area contributed by atoms with Gasteiger partial charge in [-0.05, 0) is 100.0 Å². The summed E-state index contributed by atoms with van der Waals surface area (Å²) in [5.41, 5.74) is 1.24. The van der Waals surface area contributed by atoms with Crippen molar-refractivity contribution >= 4 is 42.7 Å². The Morgan fingerprint density at radius 2 is 1.41 bits per heavy atom. The number of carbonyl (C=O) groups is 2. The Hall–Kier alpha value is -1.73. The molecule has 10 heteroatoms. The second-order valence-electron chi connectivity index (χ2n) is 10.5. The second-order valence-corrected chi connectivity index (χ2v) is 23.4. The van der Waals surface area contributed by atoms with Gasteiger partial charge in [0.1, 0.15) is 11.3 Å². The van der Waals surface area contributed by atoms with Gasteiger partial charge in [0, 0.05) is 0 Å². The van der Waals surface area contributed by atoms with Crippen LogP contribution in [0.1, 0.15) is 37.8 Å². The summed E-state index contributed by atoms with van der Waals surface area (Å²) in [5.74, 6) is -2.18. The molecule has 0 radical (unpaired) electrons. The molecule has 0 bridgehead atoms. The molecule has 0 aliphatic heterocycles. The zero-order chi connectivity index (χ0) is 26.3. The number of ether oxygens (including phenoxy) is 1. The second kappa shape index (κ2) is 12.3. The average molecular weight is 527 g/mol. The first-order chi connectivity index (χ1) is 15.5. The third-order valence-electron chi connectivity index (χ3n) is 4.95. The summed E-state index contributed by atoms with van der Waals surface area (Å²) in [7, 11) is -5.80. The van der Waals surface area contributed by atoms with E-state index in [1.807, 2.05) is 13.0 Å². The highest BCUT2D eigenvalue weighted by molar-refractivity contribution is 6.87. The molecule has 1 aromatic rings. The number of aryl methyl sites for hydroxylation is 1. The summed E-state index contributed by atoms with van der Waals surface area (Å²) < 4.78 is 19.1. The smallest absolute Gasteiger partial charge is 0.343 e. The van der Waals surface area contributed by atoms with Gasteiger partial charge in [0.15, 0.2) is 16.6 Å². The summed E-state index contributed by atoms with van der Waals surface area (Å²) in [5, 5.41) is 18.8. The molecule has 0 fully saturated rings. The SMILES string of the molecule is CCC(=C(C(=O)O)C(=O)O)c1ccc(OCCC[Si](C)(O[Si](C)(C)C)O[Si](C)(C)C)cc1CC. The van der Waals surface area contributed by atoms with Gasteiger partial charge in [-0.25, -0.2) is 9.59 Å². The van der Waals surface area contributed by atoms with Crippen LogP contribution < -0.4 is 4.74 Å². The van der Waals surface area contributed by atoms with Crippen LogP contribution in [0.5, 0.6) is 5.75 Å². The maximum atomic E-state index is 11.5. The van der Waals surface area contributed by atoms with Gasteiger partial charge in [0.05, 0.1) is 6.61 Å². The van der Waals surface area contributed by atoms with Gasteiger partial charge >= 0.3 is 20.5 Å². The molecule has 0 spiro atoms. The topological polar surface area (TPSA) is 102 Å². The van der Waals surface area contributed by atoms with Crippen molar-refractivity contribution in [2.24, 2.45) is 0 Å². The Morgan fingerprint density at radius 3 is 1.82 bits per heavy atom. The first-order valence-corrected chi connectivity index (χ1v) is 21.2. The monoisotopic (exact) mass is 526 g/mol. The Balaban J connectivity index is 3.01. The van der Waals surface area contributed by atoms with Crippen LogP contribution in [0, 0.1) is 0 Å². The van der Waals surface area contributed by atoms with E-state index in [2.05, 4.69) is 45.8 Å². The molecule has 1 rings (SSSR count). The molecule has 192 valence electrons. The van der Waals surface area contributed by atoms with Crippen LogP contribution >= 0.6 is 0 Å². The summed E-state index contributed by atoms with van der Waals surface area (Å²) >= 11 is 0. The number of carboxylic acid groups (broad SMARTS) is 2. The molecule has 1 aromatic carbocycles. The number of benzene rings is 1. The van der Waals surface area contributed by atoms with Crippen molar-refractivity contribution < 1.29 is 32.8 Å². The van der Waals surface area contributed by atoms with Gasteiger partial charge < -0.3 is 23.2 Å². The lowest BCUT2D eigenvalue weighted by Gasteiger charge is -2.38. The predicted octanol–water partition coefficient (Wildman–Crippen LogP) is 6.13. The van der Waals surface area contributed by atoms with Crippen LogP contribution in [-0.4, -0.2) is 54.0 Å². The van der Waals surface area contributed by atoms with E-state index in [-0.39, 0.29) is 0 Å². The number of rotatable bonds is 14. The van der Waals surface area contributed by atoms with E-state index in [4.69, 9.17) is 13.0 Å². The van der Waals surface area contributed by atoms with E-state index in [9.17, 15) is 19.8 Å². The van der Waals surface area contributed by atoms with E-state index in [1.54, 1.807) is 19.1 Å². The zero-order valence-corrected chi connectivity index (χ0v) is 25.2. The fraction of sp³-hybridized carbons (Fsp3) is 0.583. The van der Waals surface area contributed by atoms with E-state index >= 15 is 0 Å². The highest BCUT2D eigenvalue weighted by Crippen LogP contribution is 2.30. The standard InChI is InChI=1S/C24H42O7Si3/c1-10-18-17-19(13-14-21(18)20(11-2)22(23(25)26)24(27)28)29-15-12-16-34(9,30-32(3,4)5)31-33(6,7)8/h13-14,17H,10-12,15-16H2,1-9H3,(H,25,26)(H,27,28). The van der Waals surface area contributed by atoms with Crippen LogP contribution in [0.25, 0.3) is 5.57 Å². The molecule has 34 heavy (non-hydrogen) atoms. The van der Waals surface area contributed by atoms with E-state index in [0.717, 1.165) is 18.0 Å². The normalized spacial score (nSPS) is 12.4. The van der Waals surface area contributed by atoms with Crippen LogP contribution in [0.15, 0.2) is 23.8 Å². The third kappa shape index (κ3) is 9.87. The molecular formula is C24H42O7Si3. The number of aliphatic carboxylic acids is 2.